The van der Waals surface area contributed by atoms with Crippen LogP contribution in [0.4, 0.5) is 0 Å². The van der Waals surface area contributed by atoms with Crippen LogP contribution in [0.25, 0.3) is 12.2 Å². The highest BCUT2D eigenvalue weighted by Gasteiger charge is 2.05. The molecule has 0 atom stereocenters. The number of hydrogen-bond donors (Lipinski definition) is 0. The molecule has 3 aromatic carbocycles. The Hall–Kier alpha value is -3.74. The summed E-state index contributed by atoms with van der Waals surface area (Å²) >= 11 is 5.85. The van der Waals surface area contributed by atoms with Gasteiger partial charge in [0.25, 0.3) is 0 Å². The van der Waals surface area contributed by atoms with Crippen LogP contribution < -0.4 is 0 Å². The highest BCUT2D eigenvalue weighted by atomic mass is 35.5. The van der Waals surface area contributed by atoms with Crippen molar-refractivity contribution in [3.05, 3.63) is 118 Å². The number of benzene rings is 3. The third-order valence-corrected chi connectivity index (χ3v) is 4.47. The minimum Gasteiger partial charge on any atom is -0.289 e. The van der Waals surface area contributed by atoms with Crippen LogP contribution in [0, 0.1) is 11.3 Å². The first-order chi connectivity index (χ1) is 14.0. The lowest BCUT2D eigenvalue weighted by Crippen LogP contribution is -1.98. The molecule has 29 heavy (non-hydrogen) atoms. The van der Waals surface area contributed by atoms with E-state index in [0.717, 1.165) is 11.1 Å². The summed E-state index contributed by atoms with van der Waals surface area (Å²) in [4.78, 5) is 24.6. The van der Waals surface area contributed by atoms with E-state index in [-0.39, 0.29) is 11.6 Å². The Morgan fingerprint density at radius 2 is 1.10 bits per heavy atom. The van der Waals surface area contributed by atoms with Gasteiger partial charge in [0.2, 0.25) is 0 Å². The molecule has 3 rings (SSSR count). The molecule has 0 fully saturated rings. The van der Waals surface area contributed by atoms with Crippen LogP contribution in [0.1, 0.15) is 37.4 Å². The quantitative estimate of drug-likeness (QED) is 0.378. The number of carbonyl (C=O) groups excluding carboxylic acids is 2. The van der Waals surface area contributed by atoms with Gasteiger partial charge in [-0.25, -0.2) is 0 Å². The van der Waals surface area contributed by atoms with Crippen LogP contribution in [0.5, 0.6) is 0 Å². The Balaban J connectivity index is 1.64. The van der Waals surface area contributed by atoms with Crippen molar-refractivity contribution in [3.8, 4) is 6.07 Å². The highest BCUT2D eigenvalue weighted by Crippen LogP contribution is 2.13. The number of carbonyl (C=O) groups is 2. The first-order valence-corrected chi connectivity index (χ1v) is 9.23. The van der Waals surface area contributed by atoms with E-state index in [4.69, 9.17) is 16.9 Å². The lowest BCUT2D eigenvalue weighted by Gasteiger charge is -2.00. The Bertz CT molecular complexity index is 1120. The first-order valence-electron chi connectivity index (χ1n) is 8.86. The van der Waals surface area contributed by atoms with E-state index in [1.165, 1.54) is 12.2 Å². The van der Waals surface area contributed by atoms with Gasteiger partial charge in [0.1, 0.15) is 0 Å². The second-order valence-corrected chi connectivity index (χ2v) is 6.69. The van der Waals surface area contributed by atoms with Gasteiger partial charge < -0.3 is 0 Å². The maximum Gasteiger partial charge on any atom is 0.185 e. The molecule has 0 bridgehead atoms. The Morgan fingerprint density at radius 1 is 0.690 bits per heavy atom. The van der Waals surface area contributed by atoms with Crippen molar-refractivity contribution in [2.45, 2.75) is 0 Å². The van der Waals surface area contributed by atoms with Crippen LogP contribution in [-0.4, -0.2) is 11.6 Å². The molecule has 0 saturated heterocycles. The second-order valence-electron chi connectivity index (χ2n) is 6.26. The highest BCUT2D eigenvalue weighted by molar-refractivity contribution is 6.30. The molecule has 0 aromatic heterocycles. The molecule has 0 heterocycles. The van der Waals surface area contributed by atoms with Gasteiger partial charge in [0.15, 0.2) is 11.6 Å². The summed E-state index contributed by atoms with van der Waals surface area (Å²) in [6, 6.07) is 22.7. The molecule has 3 nitrogen and oxygen atoms in total. The molecule has 0 aliphatic heterocycles. The minimum absolute atomic E-state index is 0.146. The van der Waals surface area contributed by atoms with Gasteiger partial charge >= 0.3 is 0 Å². The van der Waals surface area contributed by atoms with E-state index < -0.39 is 0 Å². The van der Waals surface area contributed by atoms with Crippen molar-refractivity contribution in [1.82, 2.24) is 0 Å². The predicted molar refractivity (Wildman–Crippen MR) is 116 cm³/mol. The van der Waals surface area contributed by atoms with Gasteiger partial charge in [0.05, 0.1) is 11.6 Å². The largest absolute Gasteiger partial charge is 0.289 e. The van der Waals surface area contributed by atoms with Gasteiger partial charge in [0, 0.05) is 16.1 Å². The van der Waals surface area contributed by atoms with Gasteiger partial charge in [-0.05, 0) is 47.5 Å². The van der Waals surface area contributed by atoms with Crippen molar-refractivity contribution in [2.24, 2.45) is 0 Å². The standard InChI is InChI=1S/C25H16ClNO2/c26-23-13-5-19(6-14-23)8-16-25(29)22-11-9-21(10-12-22)24(28)15-7-18-1-3-20(17-27)4-2-18/h1-16H. The van der Waals surface area contributed by atoms with E-state index in [1.807, 2.05) is 12.1 Å². The number of allylic oxidation sites excluding steroid dienone is 2. The smallest absolute Gasteiger partial charge is 0.185 e. The average Bonchev–Trinajstić information content (AvgIpc) is 2.77. The maximum absolute atomic E-state index is 12.3. The Labute approximate surface area is 174 Å². The maximum atomic E-state index is 12.3. The average molecular weight is 398 g/mol. The summed E-state index contributed by atoms with van der Waals surface area (Å²) in [5.41, 5.74) is 3.27. The third kappa shape index (κ3) is 5.62. The molecular formula is C25H16ClNO2. The number of nitrogens with zero attached hydrogens (tertiary/aromatic N) is 1. The SMILES string of the molecule is N#Cc1ccc(C=CC(=O)c2ccc(C(=O)C=Cc3ccc(Cl)cc3)cc2)cc1. The first kappa shape index (κ1) is 20.0. The fraction of sp³-hybridized carbons (Fsp3) is 0. The van der Waals surface area contributed by atoms with Crippen molar-refractivity contribution >= 4 is 35.3 Å². The van der Waals surface area contributed by atoms with Crippen LogP contribution in [0.15, 0.2) is 84.9 Å². The van der Waals surface area contributed by atoms with Gasteiger partial charge in [-0.15, -0.1) is 0 Å². The number of ketones is 2. The number of halogens is 1. The monoisotopic (exact) mass is 397 g/mol. The zero-order valence-electron chi connectivity index (χ0n) is 15.4. The summed E-state index contributed by atoms with van der Waals surface area (Å²) in [6.07, 6.45) is 6.37. The molecule has 0 spiro atoms. The Kier molecular flexibility index (Phi) is 6.52. The summed E-state index contributed by atoms with van der Waals surface area (Å²) in [7, 11) is 0. The molecule has 0 aliphatic rings. The van der Waals surface area contributed by atoms with Gasteiger partial charge in [-0.1, -0.05) is 72.3 Å². The molecule has 0 aliphatic carbocycles. The summed E-state index contributed by atoms with van der Waals surface area (Å²) < 4.78 is 0. The van der Waals surface area contributed by atoms with E-state index in [0.29, 0.717) is 21.7 Å². The summed E-state index contributed by atoms with van der Waals surface area (Å²) in [6.45, 7) is 0. The van der Waals surface area contributed by atoms with Crippen molar-refractivity contribution in [1.29, 1.82) is 5.26 Å². The van der Waals surface area contributed by atoms with E-state index in [9.17, 15) is 9.59 Å². The van der Waals surface area contributed by atoms with Crippen molar-refractivity contribution < 1.29 is 9.59 Å². The van der Waals surface area contributed by atoms with E-state index in [1.54, 1.807) is 72.8 Å². The Morgan fingerprint density at radius 3 is 1.52 bits per heavy atom. The summed E-state index contributed by atoms with van der Waals surface area (Å²) in [5.74, 6) is -0.308. The fourth-order valence-electron chi connectivity index (χ4n) is 2.58. The summed E-state index contributed by atoms with van der Waals surface area (Å²) in [5, 5.41) is 9.44. The van der Waals surface area contributed by atoms with Crippen LogP contribution in [-0.2, 0) is 0 Å². The van der Waals surface area contributed by atoms with E-state index >= 15 is 0 Å². The molecule has 140 valence electrons. The molecule has 0 N–H and O–H groups in total. The molecular weight excluding hydrogens is 382 g/mol. The normalized spacial score (nSPS) is 10.9. The molecule has 4 heteroatoms. The molecule has 0 amide bonds. The number of hydrogen-bond acceptors (Lipinski definition) is 3. The number of rotatable bonds is 6. The molecule has 0 saturated carbocycles. The van der Waals surface area contributed by atoms with Crippen molar-refractivity contribution in [3.63, 3.8) is 0 Å². The zero-order valence-corrected chi connectivity index (χ0v) is 16.1. The number of nitriles is 1. The van der Waals surface area contributed by atoms with Gasteiger partial charge in [-0.2, -0.15) is 5.26 Å². The van der Waals surface area contributed by atoms with Crippen molar-refractivity contribution in [2.75, 3.05) is 0 Å². The zero-order chi connectivity index (χ0) is 20.6. The fourth-order valence-corrected chi connectivity index (χ4v) is 2.70. The second kappa shape index (κ2) is 9.45. The minimum atomic E-state index is -0.162. The molecule has 3 aromatic rings. The van der Waals surface area contributed by atoms with Crippen LogP contribution in [0.3, 0.4) is 0 Å². The third-order valence-electron chi connectivity index (χ3n) is 4.22. The molecule has 0 radical (unpaired) electrons. The topological polar surface area (TPSA) is 57.9 Å². The van der Waals surface area contributed by atoms with E-state index in [2.05, 4.69) is 6.07 Å². The lowest BCUT2D eigenvalue weighted by atomic mass is 10.0. The molecule has 0 unspecified atom stereocenters. The van der Waals surface area contributed by atoms with Crippen LogP contribution in [0.2, 0.25) is 5.02 Å². The van der Waals surface area contributed by atoms with Gasteiger partial charge in [-0.3, -0.25) is 9.59 Å². The van der Waals surface area contributed by atoms with Crippen LogP contribution >= 0.6 is 11.6 Å². The predicted octanol–water partition coefficient (Wildman–Crippen LogP) is 6.00. The lowest BCUT2D eigenvalue weighted by molar-refractivity contribution is 0.103.